The molecule has 1 rings (SSSR count). The number of hydrogen-bond acceptors (Lipinski definition) is 2. The maximum atomic E-state index is 4.84. The number of hydrogen-bond donors (Lipinski definition) is 1. The molecule has 1 N–H and O–H groups in total. The molecular formula is C4H6N2OS. The van der Waals surface area contributed by atoms with Gasteiger partial charge in [0.2, 0.25) is 5.11 Å². The Morgan fingerprint density at radius 2 is 2.62 bits per heavy atom. The summed E-state index contributed by atoms with van der Waals surface area (Å²) in [6.45, 7) is 0. The van der Waals surface area contributed by atoms with Crippen LogP contribution in [0.25, 0.3) is 0 Å². The first-order valence-electron chi connectivity index (χ1n) is 2.17. The van der Waals surface area contributed by atoms with E-state index in [4.69, 9.17) is 17.1 Å². The van der Waals surface area contributed by atoms with Crippen molar-refractivity contribution in [3.05, 3.63) is 12.5 Å². The molecule has 0 amide bonds. The Morgan fingerprint density at radius 3 is 3.00 bits per heavy atom. The van der Waals surface area contributed by atoms with E-state index in [0.29, 0.717) is 5.11 Å². The highest BCUT2D eigenvalue weighted by molar-refractivity contribution is 7.80. The highest BCUT2D eigenvalue weighted by Gasteiger charge is 2.03. The quantitative estimate of drug-likeness (QED) is 0.474. The summed E-state index contributed by atoms with van der Waals surface area (Å²) in [5.74, 6) is 0. The second kappa shape index (κ2) is 2.00. The molecule has 0 atom stereocenters. The molecule has 8 heavy (non-hydrogen) atoms. The van der Waals surface area contributed by atoms with Gasteiger partial charge < -0.3 is 10.2 Å². The van der Waals surface area contributed by atoms with E-state index in [-0.39, 0.29) is 0 Å². The number of rotatable bonds is 0. The molecule has 0 radical (unpaired) electrons. The Bertz CT molecular complexity index is 134. The van der Waals surface area contributed by atoms with E-state index in [0.717, 1.165) is 0 Å². The summed E-state index contributed by atoms with van der Waals surface area (Å²) in [6, 6.07) is 0. The van der Waals surface area contributed by atoms with Gasteiger partial charge in [-0.15, -0.1) is 0 Å². The van der Waals surface area contributed by atoms with E-state index >= 15 is 0 Å². The van der Waals surface area contributed by atoms with Gasteiger partial charge in [-0.1, -0.05) is 0 Å². The maximum absolute atomic E-state index is 4.84. The van der Waals surface area contributed by atoms with Crippen LogP contribution in [0.1, 0.15) is 0 Å². The van der Waals surface area contributed by atoms with Crippen LogP contribution in [0.4, 0.5) is 0 Å². The Morgan fingerprint density at radius 1 is 1.88 bits per heavy atom. The van der Waals surface area contributed by atoms with Crippen molar-refractivity contribution in [2.45, 2.75) is 0 Å². The van der Waals surface area contributed by atoms with Crippen molar-refractivity contribution in [2.24, 2.45) is 0 Å². The van der Waals surface area contributed by atoms with E-state index in [2.05, 4.69) is 5.32 Å². The van der Waals surface area contributed by atoms with Gasteiger partial charge in [0.25, 0.3) is 0 Å². The van der Waals surface area contributed by atoms with Crippen molar-refractivity contribution in [1.82, 2.24) is 10.4 Å². The highest BCUT2D eigenvalue weighted by atomic mass is 32.1. The summed E-state index contributed by atoms with van der Waals surface area (Å²) in [5, 5.41) is 4.83. The third kappa shape index (κ3) is 0.894. The second-order valence-electron chi connectivity index (χ2n) is 1.36. The molecule has 4 heteroatoms. The Labute approximate surface area is 52.9 Å². The minimum atomic E-state index is 0.576. The first-order chi connectivity index (χ1) is 3.80. The molecule has 44 valence electrons. The van der Waals surface area contributed by atoms with Crippen molar-refractivity contribution in [1.29, 1.82) is 0 Å². The summed E-state index contributed by atoms with van der Waals surface area (Å²) >= 11 is 4.77. The van der Waals surface area contributed by atoms with Crippen LogP contribution in [0.2, 0.25) is 0 Å². The zero-order chi connectivity index (χ0) is 5.98. The van der Waals surface area contributed by atoms with Crippen LogP contribution in [0.15, 0.2) is 12.5 Å². The summed E-state index contributed by atoms with van der Waals surface area (Å²) < 4.78 is 0. The largest absolute Gasteiger partial charge is 0.384 e. The minimum absolute atomic E-state index is 0.576. The fourth-order valence-corrected chi connectivity index (χ4v) is 0.477. The maximum Gasteiger partial charge on any atom is 0.206 e. The lowest BCUT2D eigenvalue weighted by Crippen LogP contribution is -2.35. The molecule has 0 aliphatic carbocycles. The Balaban J connectivity index is 2.57. The van der Waals surface area contributed by atoms with E-state index in [1.165, 1.54) is 11.3 Å². The molecular weight excluding hydrogens is 124 g/mol. The average molecular weight is 130 g/mol. The van der Waals surface area contributed by atoms with Crippen LogP contribution >= 0.6 is 12.2 Å². The van der Waals surface area contributed by atoms with Crippen LogP contribution < -0.4 is 5.32 Å². The monoisotopic (exact) mass is 130 g/mol. The molecule has 0 unspecified atom stereocenters. The van der Waals surface area contributed by atoms with Crippen LogP contribution in [-0.4, -0.2) is 17.2 Å². The van der Waals surface area contributed by atoms with Crippen LogP contribution in [0.5, 0.6) is 0 Å². The zero-order valence-electron chi connectivity index (χ0n) is 4.42. The molecule has 0 bridgehead atoms. The zero-order valence-corrected chi connectivity index (χ0v) is 5.23. The standard InChI is InChI=1S/C4H6N2OS/c1-6-4(8)5-2-3-7-6/h2-3H,1H3,(H,5,8). The Kier molecular flexibility index (Phi) is 1.34. The van der Waals surface area contributed by atoms with Crippen molar-refractivity contribution < 1.29 is 4.84 Å². The van der Waals surface area contributed by atoms with Crippen LogP contribution in [0.3, 0.4) is 0 Å². The smallest absolute Gasteiger partial charge is 0.206 e. The van der Waals surface area contributed by atoms with E-state index in [9.17, 15) is 0 Å². The van der Waals surface area contributed by atoms with Crippen molar-refractivity contribution in [3.8, 4) is 0 Å². The van der Waals surface area contributed by atoms with Gasteiger partial charge >= 0.3 is 0 Å². The molecule has 1 aliphatic rings. The molecule has 3 nitrogen and oxygen atoms in total. The van der Waals surface area contributed by atoms with Gasteiger partial charge in [-0.05, 0) is 12.2 Å². The molecule has 0 aromatic rings. The summed E-state index contributed by atoms with van der Waals surface area (Å²) in [7, 11) is 1.73. The van der Waals surface area contributed by atoms with E-state index in [1.807, 2.05) is 0 Å². The van der Waals surface area contributed by atoms with Gasteiger partial charge in [0, 0.05) is 13.2 Å². The normalized spacial score (nSPS) is 17.6. The molecule has 0 aromatic heterocycles. The van der Waals surface area contributed by atoms with Crippen LogP contribution in [-0.2, 0) is 4.84 Å². The van der Waals surface area contributed by atoms with E-state index in [1.54, 1.807) is 13.2 Å². The lowest BCUT2D eigenvalue weighted by Gasteiger charge is -2.20. The summed E-state index contributed by atoms with van der Waals surface area (Å²) in [6.07, 6.45) is 3.16. The third-order valence-corrected chi connectivity index (χ3v) is 1.15. The number of nitrogens with one attached hydrogen (secondary N) is 1. The second-order valence-corrected chi connectivity index (χ2v) is 1.74. The van der Waals surface area contributed by atoms with Gasteiger partial charge in [0.15, 0.2) is 0 Å². The van der Waals surface area contributed by atoms with Gasteiger partial charge in [-0.3, -0.25) is 0 Å². The van der Waals surface area contributed by atoms with Gasteiger partial charge in [0.05, 0.1) is 0 Å². The number of hydroxylamine groups is 2. The predicted octanol–water partition coefficient (Wildman–Crippen LogP) is 0.209. The van der Waals surface area contributed by atoms with E-state index < -0.39 is 0 Å². The lowest BCUT2D eigenvalue weighted by atomic mass is 10.8. The molecule has 1 aliphatic heterocycles. The van der Waals surface area contributed by atoms with Gasteiger partial charge in [0.1, 0.15) is 6.26 Å². The van der Waals surface area contributed by atoms with Crippen molar-refractivity contribution in [3.63, 3.8) is 0 Å². The fraction of sp³-hybridized carbons (Fsp3) is 0.250. The fourth-order valence-electron chi connectivity index (χ4n) is 0.366. The van der Waals surface area contributed by atoms with Crippen LogP contribution in [0, 0.1) is 0 Å². The predicted molar refractivity (Wildman–Crippen MR) is 33.7 cm³/mol. The average Bonchev–Trinajstić information content (AvgIpc) is 1.77. The molecule has 0 saturated heterocycles. The lowest BCUT2D eigenvalue weighted by molar-refractivity contribution is -0.0132. The number of thiocarbonyl (C=S) groups is 1. The molecule has 1 heterocycles. The topological polar surface area (TPSA) is 24.5 Å². The molecule has 0 spiro atoms. The first kappa shape index (κ1) is 5.37. The molecule has 0 saturated carbocycles. The first-order valence-corrected chi connectivity index (χ1v) is 2.57. The van der Waals surface area contributed by atoms with Gasteiger partial charge in [-0.2, -0.15) is 5.06 Å². The third-order valence-electron chi connectivity index (χ3n) is 0.780. The van der Waals surface area contributed by atoms with Crippen molar-refractivity contribution >= 4 is 17.3 Å². The summed E-state index contributed by atoms with van der Waals surface area (Å²) in [5.41, 5.74) is 0. The van der Waals surface area contributed by atoms with Gasteiger partial charge in [-0.25, -0.2) is 0 Å². The van der Waals surface area contributed by atoms with Crippen molar-refractivity contribution in [2.75, 3.05) is 7.05 Å². The summed E-state index contributed by atoms with van der Waals surface area (Å²) in [4.78, 5) is 4.84. The Hall–Kier alpha value is -0.770. The molecule has 0 fully saturated rings. The SMILES string of the molecule is CN1OC=CNC1=S. The number of nitrogens with zero attached hydrogens (tertiary/aromatic N) is 1. The highest BCUT2D eigenvalue weighted by Crippen LogP contribution is 1.92. The molecule has 0 aromatic carbocycles. The minimum Gasteiger partial charge on any atom is -0.384 e.